The predicted octanol–water partition coefficient (Wildman–Crippen LogP) is 6.70. The van der Waals surface area contributed by atoms with E-state index in [0.717, 1.165) is 11.6 Å². The number of nitrogens with zero attached hydrogens (tertiary/aromatic N) is 4. The third-order valence-corrected chi connectivity index (χ3v) is 5.88. The number of hydrogen-bond donors (Lipinski definition) is 0. The van der Waals surface area contributed by atoms with E-state index >= 15 is 0 Å². The molecule has 0 aliphatic carbocycles. The second-order valence-electron chi connectivity index (χ2n) is 8.08. The van der Waals surface area contributed by atoms with Gasteiger partial charge >= 0.3 is 6.18 Å². The highest BCUT2D eigenvalue weighted by atomic mass is 35.5. The first-order valence-corrected chi connectivity index (χ1v) is 11.1. The summed E-state index contributed by atoms with van der Waals surface area (Å²) in [6.45, 7) is 1.76. The fraction of sp³-hybridized carbons (Fsp3) is 0.115. The molecule has 0 saturated heterocycles. The fourth-order valence-electron chi connectivity index (χ4n) is 4.07. The van der Waals surface area contributed by atoms with E-state index in [4.69, 9.17) is 11.6 Å². The number of aryl methyl sites for hydroxylation is 1. The number of imidazole rings is 1. The summed E-state index contributed by atoms with van der Waals surface area (Å²) in [4.78, 5) is 21.4. The molecule has 0 aliphatic heterocycles. The zero-order chi connectivity index (χ0) is 24.7. The Bertz CT molecular complexity index is 1600. The van der Waals surface area contributed by atoms with Crippen LogP contribution in [0.15, 0.2) is 83.8 Å². The SMILES string of the molecule is Cc1cn(-c2cc3nc(Cl)c(=O)n(Cc4ccccc4)c3cc2C(F)(F)F)c(-c2ccccc2)n1.Cl. The minimum atomic E-state index is -4.71. The Hall–Kier alpha value is -3.62. The summed E-state index contributed by atoms with van der Waals surface area (Å²) in [5.41, 5.74) is 0.435. The largest absolute Gasteiger partial charge is 0.418 e. The minimum absolute atomic E-state index is 0. The van der Waals surface area contributed by atoms with E-state index in [1.807, 2.05) is 12.1 Å². The molecule has 0 atom stereocenters. The van der Waals surface area contributed by atoms with Crippen LogP contribution in [0.25, 0.3) is 28.1 Å². The van der Waals surface area contributed by atoms with Crippen LogP contribution in [0.4, 0.5) is 13.2 Å². The first-order valence-electron chi connectivity index (χ1n) is 10.7. The highest BCUT2D eigenvalue weighted by molar-refractivity contribution is 6.29. The Balaban J connectivity index is 0.00000304. The van der Waals surface area contributed by atoms with Crippen molar-refractivity contribution in [1.82, 2.24) is 19.1 Å². The van der Waals surface area contributed by atoms with Gasteiger partial charge in [0.1, 0.15) is 5.82 Å². The summed E-state index contributed by atoms with van der Waals surface area (Å²) in [7, 11) is 0. The third-order valence-electron chi connectivity index (χ3n) is 5.63. The number of fused-ring (bicyclic) bond motifs is 1. The van der Waals surface area contributed by atoms with Gasteiger partial charge in [-0.3, -0.25) is 13.9 Å². The van der Waals surface area contributed by atoms with Gasteiger partial charge < -0.3 is 0 Å². The highest BCUT2D eigenvalue weighted by Crippen LogP contribution is 2.38. The molecule has 0 fully saturated rings. The molecule has 0 spiro atoms. The van der Waals surface area contributed by atoms with Crippen LogP contribution in [0, 0.1) is 6.92 Å². The van der Waals surface area contributed by atoms with Gasteiger partial charge in [-0.15, -0.1) is 12.4 Å². The van der Waals surface area contributed by atoms with E-state index in [-0.39, 0.29) is 40.8 Å². The van der Waals surface area contributed by atoms with Gasteiger partial charge in [-0.05, 0) is 24.6 Å². The summed E-state index contributed by atoms with van der Waals surface area (Å²) in [5.74, 6) is 0.358. The van der Waals surface area contributed by atoms with Gasteiger partial charge in [0.05, 0.1) is 34.5 Å². The lowest BCUT2D eigenvalue weighted by Crippen LogP contribution is -2.24. The van der Waals surface area contributed by atoms with Crippen LogP contribution in [0.3, 0.4) is 0 Å². The van der Waals surface area contributed by atoms with Gasteiger partial charge in [-0.25, -0.2) is 9.97 Å². The van der Waals surface area contributed by atoms with Crippen molar-refractivity contribution in [3.8, 4) is 17.1 Å². The molecule has 5 rings (SSSR count). The van der Waals surface area contributed by atoms with E-state index < -0.39 is 17.3 Å². The van der Waals surface area contributed by atoms with E-state index in [2.05, 4.69) is 9.97 Å². The number of rotatable bonds is 4. The molecule has 0 N–H and O–H groups in total. The van der Waals surface area contributed by atoms with Crippen molar-refractivity contribution in [2.75, 3.05) is 0 Å². The molecule has 2 heterocycles. The van der Waals surface area contributed by atoms with Crippen molar-refractivity contribution in [3.05, 3.63) is 111 Å². The van der Waals surface area contributed by atoms with E-state index in [0.29, 0.717) is 17.1 Å². The van der Waals surface area contributed by atoms with E-state index in [9.17, 15) is 18.0 Å². The molecule has 2 aromatic heterocycles. The lowest BCUT2D eigenvalue weighted by atomic mass is 10.1. The molecule has 0 unspecified atom stereocenters. The number of benzene rings is 3. The zero-order valence-electron chi connectivity index (χ0n) is 18.8. The number of halogens is 5. The molecule has 184 valence electrons. The Morgan fingerprint density at radius 3 is 2.22 bits per heavy atom. The van der Waals surface area contributed by atoms with Gasteiger partial charge in [0.2, 0.25) is 0 Å². The smallest absolute Gasteiger partial charge is 0.300 e. The Morgan fingerprint density at radius 1 is 0.944 bits per heavy atom. The standard InChI is InChI=1S/C26H18ClF3N4O.ClH/c1-16-14-33(24(31-16)18-10-6-3-7-11-18)21-13-20-22(12-19(21)26(28,29)30)34(25(35)23(27)32-20)15-17-8-4-2-5-9-17;/h2-14H,15H2,1H3;1H. The van der Waals surface area contributed by atoms with Crippen LogP contribution in [0.2, 0.25) is 5.15 Å². The second-order valence-corrected chi connectivity index (χ2v) is 8.44. The average Bonchev–Trinajstić information content (AvgIpc) is 3.23. The molecule has 10 heteroatoms. The van der Waals surface area contributed by atoms with Gasteiger partial charge in [0.15, 0.2) is 5.15 Å². The van der Waals surface area contributed by atoms with E-state index in [1.54, 1.807) is 61.7 Å². The first kappa shape index (κ1) is 25.5. The highest BCUT2D eigenvalue weighted by Gasteiger charge is 2.36. The Kier molecular flexibility index (Phi) is 6.93. The quantitative estimate of drug-likeness (QED) is 0.259. The van der Waals surface area contributed by atoms with Crippen molar-refractivity contribution in [2.24, 2.45) is 0 Å². The van der Waals surface area contributed by atoms with Crippen molar-refractivity contribution in [3.63, 3.8) is 0 Å². The van der Waals surface area contributed by atoms with Crippen LogP contribution in [0.5, 0.6) is 0 Å². The summed E-state index contributed by atoms with van der Waals surface area (Å²) in [5, 5.41) is -0.316. The molecule has 0 radical (unpaired) electrons. The van der Waals surface area contributed by atoms with Crippen LogP contribution in [0.1, 0.15) is 16.8 Å². The monoisotopic (exact) mass is 530 g/mol. The number of hydrogen-bond acceptors (Lipinski definition) is 3. The number of alkyl halides is 3. The fourth-order valence-corrected chi connectivity index (χ4v) is 4.26. The van der Waals surface area contributed by atoms with Crippen LogP contribution in [-0.2, 0) is 12.7 Å². The lowest BCUT2D eigenvalue weighted by Gasteiger charge is -2.18. The molecule has 5 aromatic rings. The van der Waals surface area contributed by atoms with Crippen LogP contribution >= 0.6 is 24.0 Å². The van der Waals surface area contributed by atoms with E-state index in [1.165, 1.54) is 15.2 Å². The maximum absolute atomic E-state index is 14.4. The Morgan fingerprint density at radius 2 is 1.58 bits per heavy atom. The predicted molar refractivity (Wildman–Crippen MR) is 136 cm³/mol. The molecular formula is C26H19Cl2F3N4O. The van der Waals surface area contributed by atoms with Crippen LogP contribution < -0.4 is 5.56 Å². The first-order chi connectivity index (χ1) is 16.7. The molecule has 0 aliphatic rings. The summed E-state index contributed by atoms with van der Waals surface area (Å²) >= 11 is 6.13. The lowest BCUT2D eigenvalue weighted by molar-refractivity contribution is -0.137. The van der Waals surface area contributed by atoms with Crippen molar-refractivity contribution < 1.29 is 13.2 Å². The van der Waals surface area contributed by atoms with Crippen molar-refractivity contribution in [1.29, 1.82) is 0 Å². The van der Waals surface area contributed by atoms with Crippen molar-refractivity contribution >= 4 is 35.0 Å². The molecule has 36 heavy (non-hydrogen) atoms. The maximum atomic E-state index is 14.4. The van der Waals surface area contributed by atoms with Gasteiger partial charge in [-0.2, -0.15) is 13.2 Å². The summed E-state index contributed by atoms with van der Waals surface area (Å²) in [6.07, 6.45) is -3.16. The van der Waals surface area contributed by atoms with Gasteiger partial charge in [0.25, 0.3) is 5.56 Å². The maximum Gasteiger partial charge on any atom is 0.418 e. The topological polar surface area (TPSA) is 52.7 Å². The third kappa shape index (κ3) is 4.74. The molecular weight excluding hydrogens is 512 g/mol. The number of aromatic nitrogens is 4. The zero-order valence-corrected chi connectivity index (χ0v) is 20.4. The van der Waals surface area contributed by atoms with Crippen LogP contribution in [-0.4, -0.2) is 19.1 Å². The Labute approximate surface area is 215 Å². The average molecular weight is 531 g/mol. The molecule has 5 nitrogen and oxygen atoms in total. The molecule has 3 aromatic carbocycles. The minimum Gasteiger partial charge on any atom is -0.300 e. The van der Waals surface area contributed by atoms with Gasteiger partial charge in [0, 0.05) is 11.8 Å². The normalized spacial score (nSPS) is 11.5. The van der Waals surface area contributed by atoms with Gasteiger partial charge in [-0.1, -0.05) is 72.3 Å². The van der Waals surface area contributed by atoms with Crippen molar-refractivity contribution in [2.45, 2.75) is 19.6 Å². The summed E-state index contributed by atoms with van der Waals surface area (Å²) in [6, 6.07) is 20.2. The molecule has 0 saturated carbocycles. The molecule has 0 bridgehead atoms. The second kappa shape index (κ2) is 9.79. The molecule has 0 amide bonds. The summed E-state index contributed by atoms with van der Waals surface area (Å²) < 4.78 is 45.7.